The van der Waals surface area contributed by atoms with E-state index in [4.69, 9.17) is 11.6 Å². The summed E-state index contributed by atoms with van der Waals surface area (Å²) in [5.41, 5.74) is 0. The van der Waals surface area contributed by atoms with Crippen molar-refractivity contribution in [2.75, 3.05) is 18.2 Å². The van der Waals surface area contributed by atoms with Crippen LogP contribution in [0.2, 0.25) is 5.15 Å². The Kier molecular flexibility index (Phi) is 6.18. The topological polar surface area (TPSA) is 58.0 Å². The van der Waals surface area contributed by atoms with Crippen LogP contribution in [0.1, 0.15) is 32.5 Å². The molecule has 0 radical (unpaired) electrons. The van der Waals surface area contributed by atoms with Crippen LogP contribution >= 0.6 is 23.4 Å². The maximum Gasteiger partial charge on any atom is 0.135 e. The van der Waals surface area contributed by atoms with Gasteiger partial charge in [-0.3, -0.25) is 0 Å². The van der Waals surface area contributed by atoms with E-state index in [1.807, 2.05) is 27.0 Å². The van der Waals surface area contributed by atoms with E-state index < -0.39 is 0 Å². The van der Waals surface area contributed by atoms with E-state index >= 15 is 0 Å². The number of thioether (sulfide) groups is 1. The van der Waals surface area contributed by atoms with Gasteiger partial charge in [-0.15, -0.1) is 0 Å². The van der Waals surface area contributed by atoms with E-state index in [1.54, 1.807) is 17.8 Å². The maximum absolute atomic E-state index is 9.25. The summed E-state index contributed by atoms with van der Waals surface area (Å²) >= 11 is 7.60. The van der Waals surface area contributed by atoms with Gasteiger partial charge in [0.2, 0.25) is 0 Å². The molecule has 0 fully saturated rings. The number of aliphatic hydroxyl groups is 1. The molecular formula is C12H20ClN3OS. The lowest BCUT2D eigenvalue weighted by atomic mass is 10.2. The number of nitrogens with one attached hydrogen (secondary N) is 1. The average molecular weight is 290 g/mol. The van der Waals surface area contributed by atoms with Crippen molar-refractivity contribution in [3.8, 4) is 0 Å². The van der Waals surface area contributed by atoms with Crippen molar-refractivity contribution < 1.29 is 5.11 Å². The first-order valence-corrected chi connectivity index (χ1v) is 7.59. The van der Waals surface area contributed by atoms with E-state index in [2.05, 4.69) is 15.3 Å². The summed E-state index contributed by atoms with van der Waals surface area (Å²) < 4.78 is 0. The number of halogens is 1. The van der Waals surface area contributed by atoms with Gasteiger partial charge in [0.05, 0.1) is 6.61 Å². The van der Waals surface area contributed by atoms with E-state index in [-0.39, 0.29) is 23.8 Å². The molecule has 1 rings (SSSR count). The fourth-order valence-electron chi connectivity index (χ4n) is 1.53. The SMILES string of the molecule is CSC(CO)C(C)Nc1cc(Cl)nc(C(C)C)n1. The van der Waals surface area contributed by atoms with Gasteiger partial charge in [0.1, 0.15) is 16.8 Å². The van der Waals surface area contributed by atoms with Crippen molar-refractivity contribution in [2.24, 2.45) is 0 Å². The Bertz CT molecular complexity index is 386. The van der Waals surface area contributed by atoms with Crippen LogP contribution in [0.25, 0.3) is 0 Å². The standard InChI is InChI=1S/C12H20ClN3OS/c1-7(2)12-15-10(13)5-11(16-12)14-8(3)9(6-17)18-4/h5,7-9,17H,6H2,1-4H3,(H,14,15,16). The molecule has 0 bridgehead atoms. The summed E-state index contributed by atoms with van der Waals surface area (Å²) in [4.78, 5) is 8.61. The largest absolute Gasteiger partial charge is 0.395 e. The van der Waals surface area contributed by atoms with Crippen LogP contribution in [0, 0.1) is 0 Å². The van der Waals surface area contributed by atoms with Gasteiger partial charge in [-0.1, -0.05) is 25.4 Å². The molecule has 2 unspecified atom stereocenters. The van der Waals surface area contributed by atoms with Crippen molar-refractivity contribution >= 4 is 29.2 Å². The van der Waals surface area contributed by atoms with Crippen molar-refractivity contribution in [1.82, 2.24) is 9.97 Å². The van der Waals surface area contributed by atoms with Crippen LogP contribution < -0.4 is 5.32 Å². The Morgan fingerprint density at radius 1 is 1.39 bits per heavy atom. The third-order valence-corrected chi connectivity index (χ3v) is 4.00. The second kappa shape index (κ2) is 7.16. The maximum atomic E-state index is 9.25. The third-order valence-electron chi connectivity index (χ3n) is 2.64. The highest BCUT2D eigenvalue weighted by molar-refractivity contribution is 7.99. The van der Waals surface area contributed by atoms with E-state index in [0.29, 0.717) is 11.0 Å². The Balaban J connectivity index is 2.83. The first-order valence-electron chi connectivity index (χ1n) is 5.92. The molecular weight excluding hydrogens is 270 g/mol. The number of hydrogen-bond acceptors (Lipinski definition) is 5. The fraction of sp³-hybridized carbons (Fsp3) is 0.667. The summed E-state index contributed by atoms with van der Waals surface area (Å²) in [5, 5.41) is 13.1. The molecule has 18 heavy (non-hydrogen) atoms. The van der Waals surface area contributed by atoms with Crippen molar-refractivity contribution in [2.45, 2.75) is 38.0 Å². The zero-order valence-corrected chi connectivity index (χ0v) is 12.7. The third kappa shape index (κ3) is 4.30. The molecule has 0 aromatic carbocycles. The van der Waals surface area contributed by atoms with Crippen LogP contribution in [-0.4, -0.2) is 39.2 Å². The van der Waals surface area contributed by atoms with E-state index in [1.165, 1.54) is 0 Å². The Morgan fingerprint density at radius 2 is 2.06 bits per heavy atom. The number of hydrogen-bond donors (Lipinski definition) is 2. The minimum Gasteiger partial charge on any atom is -0.395 e. The van der Waals surface area contributed by atoms with Crippen LogP contribution in [0.4, 0.5) is 5.82 Å². The highest BCUT2D eigenvalue weighted by Gasteiger charge is 2.16. The summed E-state index contributed by atoms with van der Waals surface area (Å²) in [5.74, 6) is 1.66. The Hall–Kier alpha value is -0.520. The minimum absolute atomic E-state index is 0.107. The summed E-state index contributed by atoms with van der Waals surface area (Å²) in [6.07, 6.45) is 1.98. The molecule has 0 saturated carbocycles. The van der Waals surface area contributed by atoms with Gasteiger partial charge in [-0.2, -0.15) is 11.8 Å². The minimum atomic E-state index is 0.107. The zero-order chi connectivity index (χ0) is 13.7. The highest BCUT2D eigenvalue weighted by Crippen LogP contribution is 2.19. The number of nitrogens with zero attached hydrogens (tertiary/aromatic N) is 2. The molecule has 0 spiro atoms. The van der Waals surface area contributed by atoms with Gasteiger partial charge in [0.25, 0.3) is 0 Å². The molecule has 1 aromatic heterocycles. The second-order valence-corrected chi connectivity index (χ2v) is 5.94. The Labute approximate surface area is 118 Å². The van der Waals surface area contributed by atoms with Crippen molar-refractivity contribution in [1.29, 1.82) is 0 Å². The van der Waals surface area contributed by atoms with Crippen molar-refractivity contribution in [3.63, 3.8) is 0 Å². The molecule has 0 aliphatic rings. The van der Waals surface area contributed by atoms with Crippen LogP contribution in [-0.2, 0) is 0 Å². The molecule has 1 aromatic rings. The van der Waals surface area contributed by atoms with Gasteiger partial charge in [-0.05, 0) is 13.2 Å². The first-order chi connectivity index (χ1) is 8.47. The monoisotopic (exact) mass is 289 g/mol. The van der Waals surface area contributed by atoms with E-state index in [0.717, 1.165) is 5.82 Å². The van der Waals surface area contributed by atoms with E-state index in [9.17, 15) is 5.11 Å². The lowest BCUT2D eigenvalue weighted by molar-refractivity contribution is 0.288. The van der Waals surface area contributed by atoms with Gasteiger partial charge in [0, 0.05) is 23.3 Å². The second-order valence-electron chi connectivity index (χ2n) is 4.48. The molecule has 1 heterocycles. The molecule has 0 saturated heterocycles. The van der Waals surface area contributed by atoms with Gasteiger partial charge in [0.15, 0.2) is 0 Å². The van der Waals surface area contributed by atoms with Gasteiger partial charge < -0.3 is 10.4 Å². The Morgan fingerprint density at radius 3 is 2.56 bits per heavy atom. The molecule has 4 nitrogen and oxygen atoms in total. The first kappa shape index (κ1) is 15.5. The van der Waals surface area contributed by atoms with Crippen molar-refractivity contribution in [3.05, 3.63) is 17.0 Å². The summed E-state index contributed by atoms with van der Waals surface area (Å²) in [6.45, 7) is 6.20. The molecule has 0 amide bonds. The van der Waals surface area contributed by atoms with Crippen LogP contribution in [0.5, 0.6) is 0 Å². The van der Waals surface area contributed by atoms with Crippen LogP contribution in [0.3, 0.4) is 0 Å². The number of anilines is 1. The normalized spacial score (nSPS) is 14.6. The smallest absolute Gasteiger partial charge is 0.135 e. The molecule has 0 aliphatic heterocycles. The lowest BCUT2D eigenvalue weighted by Gasteiger charge is -2.22. The molecule has 2 atom stereocenters. The lowest BCUT2D eigenvalue weighted by Crippen LogP contribution is -2.31. The molecule has 6 heteroatoms. The van der Waals surface area contributed by atoms with Gasteiger partial charge >= 0.3 is 0 Å². The number of aliphatic hydroxyl groups excluding tert-OH is 1. The predicted octanol–water partition coefficient (Wildman–Crippen LogP) is 2.78. The quantitative estimate of drug-likeness (QED) is 0.789. The molecule has 102 valence electrons. The number of rotatable bonds is 6. The molecule has 2 N–H and O–H groups in total. The predicted molar refractivity (Wildman–Crippen MR) is 78.6 cm³/mol. The zero-order valence-electron chi connectivity index (χ0n) is 11.1. The fourth-order valence-corrected chi connectivity index (χ4v) is 2.35. The average Bonchev–Trinajstić information content (AvgIpc) is 2.29. The summed E-state index contributed by atoms with van der Waals surface area (Å²) in [6, 6.07) is 1.81. The highest BCUT2D eigenvalue weighted by atomic mass is 35.5. The molecule has 0 aliphatic carbocycles. The van der Waals surface area contributed by atoms with Gasteiger partial charge in [-0.25, -0.2) is 9.97 Å². The number of aromatic nitrogens is 2. The summed E-state index contributed by atoms with van der Waals surface area (Å²) in [7, 11) is 0. The van der Waals surface area contributed by atoms with Crippen LogP contribution in [0.15, 0.2) is 6.07 Å².